The first-order chi connectivity index (χ1) is 12.5. The molecule has 0 aromatic rings. The van der Waals surface area contributed by atoms with Crippen LogP contribution in [0.15, 0.2) is 12.2 Å². The van der Waals surface area contributed by atoms with Crippen molar-refractivity contribution in [3.8, 4) is 0 Å². The molecule has 27 heavy (non-hydrogen) atoms. The molecule has 0 unspecified atom stereocenters. The highest BCUT2D eigenvalue weighted by molar-refractivity contribution is 6.12. The van der Waals surface area contributed by atoms with Gasteiger partial charge in [-0.3, -0.25) is 14.5 Å². The summed E-state index contributed by atoms with van der Waals surface area (Å²) in [5.74, 6) is -2.61. The summed E-state index contributed by atoms with van der Waals surface area (Å²) in [6, 6.07) is -1.03. The fourth-order valence-electron chi connectivity index (χ4n) is 2.09. The van der Waals surface area contributed by atoms with Crippen molar-refractivity contribution in [3.63, 3.8) is 0 Å². The van der Waals surface area contributed by atoms with Gasteiger partial charge in [-0.2, -0.15) is 0 Å². The quantitative estimate of drug-likeness (QED) is 0.258. The molecule has 0 bridgehead atoms. The molecule has 1 rings (SSSR count). The molecule has 0 aromatic heterocycles. The number of carbonyl (C=O) groups excluding carboxylic acids is 5. The van der Waals surface area contributed by atoms with Gasteiger partial charge in [-0.15, -0.1) is 0 Å². The second-order valence-electron chi connectivity index (χ2n) is 6.91. The molecule has 150 valence electrons. The lowest BCUT2D eigenvalue weighted by Gasteiger charge is -2.19. The van der Waals surface area contributed by atoms with Gasteiger partial charge in [-0.25, -0.2) is 14.4 Å². The van der Waals surface area contributed by atoms with Gasteiger partial charge in [-0.05, 0) is 40.0 Å². The summed E-state index contributed by atoms with van der Waals surface area (Å²) in [5, 5.41) is 2.17. The Labute approximate surface area is 157 Å². The molecule has 0 saturated heterocycles. The van der Waals surface area contributed by atoms with Crippen LogP contribution in [0.3, 0.4) is 0 Å². The summed E-state index contributed by atoms with van der Waals surface area (Å²) in [5.41, 5.74) is 4.94. The lowest BCUT2D eigenvalue weighted by Crippen LogP contribution is -2.39. The second kappa shape index (κ2) is 9.81. The topological polar surface area (TPSA) is 145 Å². The molecule has 0 radical (unpaired) electrons. The minimum atomic E-state index is -1.03. The lowest BCUT2D eigenvalue weighted by molar-refractivity contribution is -0.160. The molecular formula is C17H25N3O7. The number of nitrogens with zero attached hydrogens (tertiary/aromatic N) is 1. The fourth-order valence-corrected chi connectivity index (χ4v) is 2.09. The standard InChI is InChI=1S/C17H25N3O7/c1-17(2,3)27-16(25)19-10-14(23)26-15(24)11(18)6-4-5-9-20-12(21)7-8-13(20)22/h7-8,11H,4-6,9-10,18H2,1-3H3,(H,19,25)/t11-/m1/s1. The number of ether oxygens (including phenoxy) is 2. The van der Waals surface area contributed by atoms with Crippen LogP contribution in [0, 0.1) is 0 Å². The Balaban J connectivity index is 2.21. The Kier molecular flexibility index (Phi) is 8.10. The number of unbranched alkanes of at least 4 members (excludes halogenated alkanes) is 1. The van der Waals surface area contributed by atoms with Crippen molar-refractivity contribution in [2.24, 2.45) is 5.73 Å². The average molecular weight is 383 g/mol. The number of carbonyl (C=O) groups is 5. The number of hydrogen-bond acceptors (Lipinski definition) is 8. The van der Waals surface area contributed by atoms with E-state index >= 15 is 0 Å². The maximum absolute atomic E-state index is 11.7. The largest absolute Gasteiger partial charge is 0.444 e. The first-order valence-electron chi connectivity index (χ1n) is 8.50. The van der Waals surface area contributed by atoms with E-state index in [9.17, 15) is 24.0 Å². The van der Waals surface area contributed by atoms with Gasteiger partial charge in [0.25, 0.3) is 11.8 Å². The van der Waals surface area contributed by atoms with E-state index < -0.39 is 36.2 Å². The molecule has 10 nitrogen and oxygen atoms in total. The molecular weight excluding hydrogens is 358 g/mol. The van der Waals surface area contributed by atoms with Crippen LogP contribution in [0.4, 0.5) is 4.79 Å². The van der Waals surface area contributed by atoms with Crippen molar-refractivity contribution in [2.45, 2.75) is 51.7 Å². The van der Waals surface area contributed by atoms with E-state index in [1.165, 1.54) is 12.2 Å². The average Bonchev–Trinajstić information content (AvgIpc) is 2.86. The smallest absolute Gasteiger partial charge is 0.408 e. The van der Waals surface area contributed by atoms with Crippen LogP contribution in [-0.2, 0) is 28.7 Å². The number of nitrogens with two attached hydrogens (primary N) is 1. The zero-order chi connectivity index (χ0) is 20.6. The van der Waals surface area contributed by atoms with Crippen LogP contribution in [0.1, 0.15) is 40.0 Å². The monoisotopic (exact) mass is 383 g/mol. The molecule has 3 amide bonds. The van der Waals surface area contributed by atoms with Gasteiger partial charge < -0.3 is 20.5 Å². The van der Waals surface area contributed by atoms with Crippen LogP contribution in [0.2, 0.25) is 0 Å². The molecule has 0 aliphatic carbocycles. The van der Waals surface area contributed by atoms with E-state index in [1.807, 2.05) is 0 Å². The SMILES string of the molecule is CC(C)(C)OC(=O)NCC(=O)OC(=O)[C@H](N)CCCCN1C(=O)C=CC1=O. The van der Waals surface area contributed by atoms with Gasteiger partial charge in [0.1, 0.15) is 18.2 Å². The molecule has 0 saturated carbocycles. The Hall–Kier alpha value is -2.75. The van der Waals surface area contributed by atoms with Crippen LogP contribution in [0.25, 0.3) is 0 Å². The zero-order valence-electron chi connectivity index (χ0n) is 15.6. The van der Waals surface area contributed by atoms with Crippen molar-refractivity contribution in [1.82, 2.24) is 10.2 Å². The predicted octanol–water partition coefficient (Wildman–Crippen LogP) is 0.00350. The summed E-state index contributed by atoms with van der Waals surface area (Å²) in [6.07, 6.45) is 2.73. The summed E-state index contributed by atoms with van der Waals surface area (Å²) in [4.78, 5) is 58.5. The third kappa shape index (κ3) is 8.45. The van der Waals surface area contributed by atoms with Crippen molar-refractivity contribution < 1.29 is 33.4 Å². The number of alkyl carbamates (subject to hydrolysis) is 1. The summed E-state index contributed by atoms with van der Waals surface area (Å²) in [6.45, 7) is 4.70. The highest BCUT2D eigenvalue weighted by Gasteiger charge is 2.23. The van der Waals surface area contributed by atoms with Gasteiger partial charge >= 0.3 is 18.0 Å². The minimum absolute atomic E-state index is 0.218. The number of nitrogens with one attached hydrogen (secondary N) is 1. The molecule has 1 heterocycles. The molecule has 0 spiro atoms. The number of hydrogen-bond donors (Lipinski definition) is 2. The maximum atomic E-state index is 11.7. The van der Waals surface area contributed by atoms with E-state index in [0.29, 0.717) is 12.8 Å². The molecule has 1 aliphatic rings. The predicted molar refractivity (Wildman–Crippen MR) is 93.0 cm³/mol. The van der Waals surface area contributed by atoms with E-state index in [2.05, 4.69) is 10.1 Å². The molecule has 3 N–H and O–H groups in total. The third-order valence-electron chi connectivity index (χ3n) is 3.34. The van der Waals surface area contributed by atoms with Crippen LogP contribution in [-0.4, -0.2) is 59.5 Å². The normalized spacial score (nSPS) is 14.9. The third-order valence-corrected chi connectivity index (χ3v) is 3.34. The second-order valence-corrected chi connectivity index (χ2v) is 6.91. The Morgan fingerprint density at radius 1 is 1.15 bits per heavy atom. The van der Waals surface area contributed by atoms with Crippen molar-refractivity contribution in [1.29, 1.82) is 0 Å². The molecule has 10 heteroatoms. The lowest BCUT2D eigenvalue weighted by atomic mass is 10.1. The van der Waals surface area contributed by atoms with Gasteiger partial charge in [0.2, 0.25) is 0 Å². The molecule has 1 atom stereocenters. The van der Waals surface area contributed by atoms with Crippen LogP contribution < -0.4 is 11.1 Å². The summed E-state index contributed by atoms with van der Waals surface area (Å²) >= 11 is 0. The van der Waals surface area contributed by atoms with Crippen LogP contribution in [0.5, 0.6) is 0 Å². The van der Waals surface area contributed by atoms with E-state index in [1.54, 1.807) is 20.8 Å². The summed E-state index contributed by atoms with van der Waals surface area (Å²) in [7, 11) is 0. The molecule has 1 aliphatic heterocycles. The highest BCUT2D eigenvalue weighted by Crippen LogP contribution is 2.08. The van der Waals surface area contributed by atoms with Gasteiger partial charge in [0, 0.05) is 18.7 Å². The van der Waals surface area contributed by atoms with Crippen LogP contribution >= 0.6 is 0 Å². The first-order valence-corrected chi connectivity index (χ1v) is 8.50. The van der Waals surface area contributed by atoms with E-state index in [-0.39, 0.29) is 24.8 Å². The van der Waals surface area contributed by atoms with Crippen molar-refractivity contribution in [3.05, 3.63) is 12.2 Å². The number of imide groups is 1. The van der Waals surface area contributed by atoms with Gasteiger partial charge in [-0.1, -0.05) is 0 Å². The maximum Gasteiger partial charge on any atom is 0.408 e. The summed E-state index contributed by atoms with van der Waals surface area (Å²) < 4.78 is 9.50. The Morgan fingerprint density at radius 2 is 1.74 bits per heavy atom. The van der Waals surface area contributed by atoms with Gasteiger partial charge in [0.15, 0.2) is 0 Å². The number of rotatable bonds is 8. The Bertz CT molecular complexity index is 619. The first kappa shape index (κ1) is 22.3. The van der Waals surface area contributed by atoms with E-state index in [0.717, 1.165) is 4.90 Å². The van der Waals surface area contributed by atoms with Crippen molar-refractivity contribution in [2.75, 3.05) is 13.1 Å². The fraction of sp³-hybridized carbons (Fsp3) is 0.588. The van der Waals surface area contributed by atoms with Crippen molar-refractivity contribution >= 4 is 29.8 Å². The zero-order valence-corrected chi connectivity index (χ0v) is 15.6. The minimum Gasteiger partial charge on any atom is -0.444 e. The van der Waals surface area contributed by atoms with Gasteiger partial charge in [0.05, 0.1) is 0 Å². The van der Waals surface area contributed by atoms with E-state index in [4.69, 9.17) is 10.5 Å². The Morgan fingerprint density at radius 3 is 2.30 bits per heavy atom. The highest BCUT2D eigenvalue weighted by atomic mass is 16.6. The molecule has 0 fully saturated rings. The number of esters is 2. The molecule has 0 aromatic carbocycles. The number of amides is 3.